The smallest absolute Gasteiger partial charge is 0.256 e. The first kappa shape index (κ1) is 21.5. The average Bonchev–Trinajstić information content (AvgIpc) is 3.21. The lowest BCUT2D eigenvalue weighted by atomic mass is 10.0. The zero-order chi connectivity index (χ0) is 22.5. The number of nitrogens with two attached hydrogens (primary N) is 1. The number of benzene rings is 1. The van der Waals surface area contributed by atoms with Crippen LogP contribution in [0.2, 0.25) is 0 Å². The molecule has 0 aliphatic rings. The molecule has 32 heavy (non-hydrogen) atoms. The molecule has 0 radical (unpaired) electrons. The highest BCUT2D eigenvalue weighted by Gasteiger charge is 2.20. The zero-order valence-corrected chi connectivity index (χ0v) is 18.5. The normalized spacial score (nSPS) is 12.1. The number of aromatic nitrogens is 4. The van der Waals surface area contributed by atoms with Crippen LogP contribution in [0, 0.1) is 0 Å². The van der Waals surface area contributed by atoms with Gasteiger partial charge in [-0.1, -0.05) is 51.3 Å². The first-order valence-electron chi connectivity index (χ1n) is 11.0. The Morgan fingerprint density at radius 1 is 1.09 bits per heavy atom. The van der Waals surface area contributed by atoms with Crippen molar-refractivity contribution in [1.82, 2.24) is 19.4 Å². The van der Waals surface area contributed by atoms with E-state index < -0.39 is 0 Å². The molecule has 3 heterocycles. The molecule has 164 valence electrons. The molecular weight excluding hydrogens is 400 g/mol. The number of carbonyl (C=O) groups is 1. The maximum Gasteiger partial charge on any atom is 0.256 e. The molecule has 0 aliphatic heterocycles. The lowest BCUT2D eigenvalue weighted by Crippen LogP contribution is -2.12. The number of rotatable bonds is 8. The second kappa shape index (κ2) is 9.60. The summed E-state index contributed by atoms with van der Waals surface area (Å²) in [5.74, 6) is 2.03. The summed E-state index contributed by atoms with van der Waals surface area (Å²) in [4.78, 5) is 25.9. The number of anilines is 2. The van der Waals surface area contributed by atoms with Crippen LogP contribution in [-0.4, -0.2) is 25.3 Å². The van der Waals surface area contributed by atoms with Crippen molar-refractivity contribution < 1.29 is 4.79 Å². The third-order valence-electron chi connectivity index (χ3n) is 5.62. The molecule has 1 atom stereocenters. The van der Waals surface area contributed by atoms with Crippen LogP contribution >= 0.6 is 0 Å². The Bertz CT molecular complexity index is 1200. The molecule has 3 N–H and O–H groups in total. The van der Waals surface area contributed by atoms with Gasteiger partial charge in [-0.2, -0.15) is 0 Å². The van der Waals surface area contributed by atoms with E-state index in [-0.39, 0.29) is 5.91 Å². The number of hydrogen-bond acceptors (Lipinski definition) is 5. The second-order valence-electron chi connectivity index (χ2n) is 7.99. The minimum atomic E-state index is -0.212. The molecular formula is C25H28N6O. The minimum absolute atomic E-state index is 0.212. The molecule has 7 nitrogen and oxygen atoms in total. The van der Waals surface area contributed by atoms with Gasteiger partial charge in [0.1, 0.15) is 28.7 Å². The van der Waals surface area contributed by atoms with Gasteiger partial charge in [-0.3, -0.25) is 9.20 Å². The molecule has 1 aromatic carbocycles. The Morgan fingerprint density at radius 2 is 1.91 bits per heavy atom. The van der Waals surface area contributed by atoms with Crippen molar-refractivity contribution in [3.05, 3.63) is 72.4 Å². The van der Waals surface area contributed by atoms with E-state index in [0.717, 1.165) is 29.0 Å². The maximum absolute atomic E-state index is 12.5. The number of nitrogens with one attached hydrogen (secondary N) is 1. The predicted octanol–water partition coefficient (Wildman–Crippen LogP) is 5.31. The highest BCUT2D eigenvalue weighted by Crippen LogP contribution is 2.32. The summed E-state index contributed by atoms with van der Waals surface area (Å²) in [5, 5.41) is 2.80. The Morgan fingerprint density at radius 3 is 2.62 bits per heavy atom. The van der Waals surface area contributed by atoms with Gasteiger partial charge >= 0.3 is 0 Å². The lowest BCUT2D eigenvalue weighted by molar-refractivity contribution is 0.102. The van der Waals surface area contributed by atoms with Gasteiger partial charge in [0.2, 0.25) is 0 Å². The molecule has 0 saturated carbocycles. The number of imidazole rings is 1. The van der Waals surface area contributed by atoms with E-state index in [0.29, 0.717) is 23.1 Å². The molecule has 3 aromatic heterocycles. The van der Waals surface area contributed by atoms with E-state index in [1.807, 2.05) is 24.4 Å². The van der Waals surface area contributed by atoms with Gasteiger partial charge < -0.3 is 11.1 Å². The fourth-order valence-electron chi connectivity index (χ4n) is 3.87. The summed E-state index contributed by atoms with van der Waals surface area (Å²) in [5.41, 5.74) is 9.27. The monoisotopic (exact) mass is 428 g/mol. The van der Waals surface area contributed by atoms with E-state index in [2.05, 4.69) is 33.5 Å². The maximum atomic E-state index is 12.5. The van der Waals surface area contributed by atoms with Crippen LogP contribution in [0.25, 0.3) is 16.8 Å². The van der Waals surface area contributed by atoms with Crippen molar-refractivity contribution >= 4 is 23.1 Å². The van der Waals surface area contributed by atoms with Gasteiger partial charge in [-0.25, -0.2) is 15.0 Å². The number of nitrogen functional groups attached to an aromatic ring is 1. The summed E-state index contributed by atoms with van der Waals surface area (Å²) in [6.45, 7) is 4.41. The summed E-state index contributed by atoms with van der Waals surface area (Å²) >= 11 is 0. The van der Waals surface area contributed by atoms with Crippen molar-refractivity contribution in [2.75, 3.05) is 11.1 Å². The van der Waals surface area contributed by atoms with Crippen LogP contribution in [-0.2, 0) is 0 Å². The quantitative estimate of drug-likeness (QED) is 0.371. The minimum Gasteiger partial charge on any atom is -0.382 e. The first-order valence-corrected chi connectivity index (χ1v) is 11.0. The van der Waals surface area contributed by atoms with Crippen molar-refractivity contribution in [2.45, 2.75) is 45.4 Å². The third-order valence-corrected chi connectivity index (χ3v) is 5.62. The molecule has 1 unspecified atom stereocenters. The van der Waals surface area contributed by atoms with E-state index in [4.69, 9.17) is 10.7 Å². The van der Waals surface area contributed by atoms with Crippen molar-refractivity contribution in [3.63, 3.8) is 0 Å². The fraction of sp³-hybridized carbons (Fsp3) is 0.280. The molecule has 7 heteroatoms. The summed E-state index contributed by atoms with van der Waals surface area (Å²) in [6, 6.07) is 12.8. The van der Waals surface area contributed by atoms with Crippen LogP contribution in [0.5, 0.6) is 0 Å². The van der Waals surface area contributed by atoms with E-state index >= 15 is 0 Å². The van der Waals surface area contributed by atoms with Gasteiger partial charge in [0.05, 0.1) is 0 Å². The predicted molar refractivity (Wildman–Crippen MR) is 128 cm³/mol. The number of carbonyl (C=O) groups excluding carboxylic acids is 1. The average molecular weight is 429 g/mol. The van der Waals surface area contributed by atoms with Crippen LogP contribution in [0.1, 0.15) is 61.6 Å². The van der Waals surface area contributed by atoms with Gasteiger partial charge in [0.25, 0.3) is 5.91 Å². The molecule has 4 rings (SSSR count). The zero-order valence-electron chi connectivity index (χ0n) is 18.5. The van der Waals surface area contributed by atoms with E-state index in [1.165, 1.54) is 19.3 Å². The Labute approximate surface area is 187 Å². The van der Waals surface area contributed by atoms with Crippen molar-refractivity contribution in [1.29, 1.82) is 0 Å². The molecule has 0 aliphatic carbocycles. The third kappa shape index (κ3) is 4.46. The molecule has 4 aromatic rings. The summed E-state index contributed by atoms with van der Waals surface area (Å²) in [6.07, 6.45) is 9.92. The molecule has 1 amide bonds. The first-order chi connectivity index (χ1) is 15.6. The topological polar surface area (TPSA) is 98.2 Å². The van der Waals surface area contributed by atoms with Crippen molar-refractivity contribution in [2.24, 2.45) is 0 Å². The summed E-state index contributed by atoms with van der Waals surface area (Å²) in [7, 11) is 0. The van der Waals surface area contributed by atoms with Crippen LogP contribution < -0.4 is 11.1 Å². The Kier molecular flexibility index (Phi) is 6.44. The van der Waals surface area contributed by atoms with Crippen LogP contribution in [0.15, 0.2) is 61.1 Å². The number of fused-ring (bicyclic) bond motifs is 1. The number of pyridine rings is 1. The molecule has 0 bridgehead atoms. The Hall–Kier alpha value is -3.74. The SMILES string of the molecule is CCCCCC(C)c1nc(-c2ccc(C(=O)Nc3ccccn3)cc2)c2c(N)nccn12. The fourth-order valence-corrected chi connectivity index (χ4v) is 3.87. The lowest BCUT2D eigenvalue weighted by Gasteiger charge is -2.10. The number of unbranched alkanes of at least 4 members (excludes halogenated alkanes) is 2. The highest BCUT2D eigenvalue weighted by atomic mass is 16.1. The van der Waals surface area contributed by atoms with E-state index in [1.54, 1.807) is 36.7 Å². The number of hydrogen-bond donors (Lipinski definition) is 2. The Balaban J connectivity index is 1.63. The van der Waals surface area contributed by atoms with Crippen molar-refractivity contribution in [3.8, 4) is 11.3 Å². The molecule has 0 saturated heterocycles. The number of nitrogens with zero attached hydrogens (tertiary/aromatic N) is 4. The molecule has 0 spiro atoms. The largest absolute Gasteiger partial charge is 0.382 e. The standard InChI is InChI=1S/C25H28N6O/c1-3-4-5-8-17(2)24-30-21(22-23(26)28-15-16-31(22)24)18-10-12-19(13-11-18)25(32)29-20-9-6-7-14-27-20/h6-7,9-17H,3-5,8H2,1-2H3,(H2,26,28)(H,27,29,32). The van der Waals surface area contributed by atoms with E-state index in [9.17, 15) is 4.79 Å². The van der Waals surface area contributed by atoms with Gasteiger partial charge in [-0.15, -0.1) is 0 Å². The summed E-state index contributed by atoms with van der Waals surface area (Å²) < 4.78 is 2.05. The highest BCUT2D eigenvalue weighted by molar-refractivity contribution is 6.04. The molecule has 0 fully saturated rings. The van der Waals surface area contributed by atoms with Gasteiger partial charge in [-0.05, 0) is 30.7 Å². The van der Waals surface area contributed by atoms with Gasteiger partial charge in [0, 0.05) is 35.6 Å². The second-order valence-corrected chi connectivity index (χ2v) is 7.99. The van der Waals surface area contributed by atoms with Crippen LogP contribution in [0.3, 0.4) is 0 Å². The van der Waals surface area contributed by atoms with Crippen LogP contribution in [0.4, 0.5) is 11.6 Å². The van der Waals surface area contributed by atoms with Gasteiger partial charge in [0.15, 0.2) is 0 Å². The number of amides is 1.